The number of nitrogens with zero attached hydrogens (tertiary/aromatic N) is 6. The van der Waals surface area contributed by atoms with Crippen LogP contribution in [0.5, 0.6) is 0 Å². The van der Waals surface area contributed by atoms with Crippen LogP contribution in [0.4, 0.5) is 0 Å². The van der Waals surface area contributed by atoms with E-state index in [2.05, 4.69) is 20.4 Å². The second-order valence-electron chi connectivity index (χ2n) is 6.13. The number of halogens is 2. The molecule has 28 heavy (non-hydrogen) atoms. The molecular weight excluding hydrogens is 395 g/mol. The molecule has 0 saturated heterocycles. The minimum absolute atomic E-state index is 0.662. The first-order chi connectivity index (χ1) is 13.7. The van der Waals surface area contributed by atoms with Crippen LogP contribution in [0.15, 0.2) is 73.2 Å². The van der Waals surface area contributed by atoms with Crippen LogP contribution in [0.25, 0.3) is 33.8 Å². The van der Waals surface area contributed by atoms with E-state index in [4.69, 9.17) is 23.2 Å². The lowest BCUT2D eigenvalue weighted by molar-refractivity contribution is 0.803. The molecule has 0 amide bonds. The fourth-order valence-electron chi connectivity index (χ4n) is 3.12. The highest BCUT2D eigenvalue weighted by molar-refractivity contribution is 6.30. The Morgan fingerprint density at radius 2 is 1.54 bits per heavy atom. The average Bonchev–Trinajstić information content (AvgIpc) is 3.33. The molecule has 2 aromatic carbocycles. The molecule has 5 rings (SSSR count). The van der Waals surface area contributed by atoms with Gasteiger partial charge in [-0.25, -0.2) is 0 Å². The van der Waals surface area contributed by atoms with E-state index >= 15 is 0 Å². The number of benzene rings is 2. The topological polar surface area (TPSA) is 60.9 Å². The molecule has 5 aromatic rings. The maximum absolute atomic E-state index is 6.06. The molecule has 0 aliphatic rings. The third-order valence-corrected chi connectivity index (χ3v) is 4.92. The zero-order valence-electron chi connectivity index (χ0n) is 14.4. The number of fused-ring (bicyclic) bond motifs is 1. The van der Waals surface area contributed by atoms with Gasteiger partial charge in [-0.3, -0.25) is 4.57 Å². The standard InChI is InChI=1S/C20H12Cl2N6/c21-14-5-3-13(4-6-14)19-18(17-2-1-11-24-28(17)26-19)20-25-23-12-27(20)16-9-7-15(22)8-10-16/h1-12H. The number of aromatic nitrogens is 6. The highest BCUT2D eigenvalue weighted by Gasteiger charge is 2.22. The van der Waals surface area contributed by atoms with Gasteiger partial charge in [0.1, 0.15) is 12.0 Å². The van der Waals surface area contributed by atoms with Crippen molar-refractivity contribution in [1.82, 2.24) is 29.6 Å². The van der Waals surface area contributed by atoms with Crippen molar-refractivity contribution in [3.05, 3.63) is 83.2 Å². The van der Waals surface area contributed by atoms with Gasteiger partial charge in [-0.05, 0) is 48.5 Å². The number of rotatable bonds is 3. The third-order valence-electron chi connectivity index (χ3n) is 4.41. The summed E-state index contributed by atoms with van der Waals surface area (Å²) in [6.07, 6.45) is 3.36. The van der Waals surface area contributed by atoms with E-state index in [1.165, 1.54) is 0 Å². The van der Waals surface area contributed by atoms with Gasteiger partial charge >= 0.3 is 0 Å². The van der Waals surface area contributed by atoms with Gasteiger partial charge in [-0.15, -0.1) is 15.3 Å². The lowest BCUT2D eigenvalue weighted by Crippen LogP contribution is -1.97. The van der Waals surface area contributed by atoms with Crippen LogP contribution in [-0.2, 0) is 0 Å². The molecule has 0 unspecified atom stereocenters. The summed E-state index contributed by atoms with van der Waals surface area (Å²) >= 11 is 12.1. The summed E-state index contributed by atoms with van der Waals surface area (Å²) in [5.74, 6) is 0.662. The molecule has 0 spiro atoms. The number of hydrogen-bond donors (Lipinski definition) is 0. The first-order valence-electron chi connectivity index (χ1n) is 8.47. The SMILES string of the molecule is Clc1ccc(-c2nn3ncccc3c2-c2nncn2-c2ccc(Cl)cc2)cc1. The first-order valence-corrected chi connectivity index (χ1v) is 9.22. The van der Waals surface area contributed by atoms with Crippen molar-refractivity contribution in [2.24, 2.45) is 0 Å². The highest BCUT2D eigenvalue weighted by atomic mass is 35.5. The van der Waals surface area contributed by atoms with Gasteiger partial charge in [-0.1, -0.05) is 35.3 Å². The predicted molar refractivity (Wildman–Crippen MR) is 109 cm³/mol. The van der Waals surface area contributed by atoms with Gasteiger partial charge in [0.05, 0.1) is 11.1 Å². The van der Waals surface area contributed by atoms with Crippen LogP contribution in [0.3, 0.4) is 0 Å². The quantitative estimate of drug-likeness (QED) is 0.425. The summed E-state index contributed by atoms with van der Waals surface area (Å²) in [6, 6.07) is 18.8. The molecule has 136 valence electrons. The van der Waals surface area contributed by atoms with Crippen molar-refractivity contribution in [2.75, 3.05) is 0 Å². The molecule has 0 saturated carbocycles. The Morgan fingerprint density at radius 1 is 0.821 bits per heavy atom. The van der Waals surface area contributed by atoms with Crippen LogP contribution in [0.1, 0.15) is 0 Å². The largest absolute Gasteiger partial charge is 0.281 e. The highest BCUT2D eigenvalue weighted by Crippen LogP contribution is 2.35. The molecule has 0 N–H and O–H groups in total. The molecule has 0 radical (unpaired) electrons. The summed E-state index contributed by atoms with van der Waals surface area (Å²) in [6.45, 7) is 0. The maximum atomic E-state index is 6.06. The fraction of sp³-hybridized carbons (Fsp3) is 0. The molecule has 0 bridgehead atoms. The monoisotopic (exact) mass is 406 g/mol. The van der Waals surface area contributed by atoms with Crippen LogP contribution in [-0.4, -0.2) is 29.6 Å². The van der Waals surface area contributed by atoms with Crippen LogP contribution < -0.4 is 0 Å². The molecule has 0 atom stereocenters. The maximum Gasteiger partial charge on any atom is 0.172 e. The van der Waals surface area contributed by atoms with Gasteiger partial charge in [0.2, 0.25) is 0 Å². The molecule has 3 heterocycles. The molecule has 8 heteroatoms. The van der Waals surface area contributed by atoms with Crippen molar-refractivity contribution < 1.29 is 0 Å². The van der Waals surface area contributed by atoms with Gasteiger partial charge in [0.25, 0.3) is 0 Å². The molecular formula is C20H12Cl2N6. The van der Waals surface area contributed by atoms with Crippen molar-refractivity contribution >= 4 is 28.7 Å². The van der Waals surface area contributed by atoms with E-state index in [0.717, 1.165) is 28.0 Å². The summed E-state index contributed by atoms with van der Waals surface area (Å²) in [4.78, 5) is 0. The van der Waals surface area contributed by atoms with Gasteiger partial charge in [0, 0.05) is 27.5 Å². The van der Waals surface area contributed by atoms with E-state index in [0.29, 0.717) is 15.9 Å². The summed E-state index contributed by atoms with van der Waals surface area (Å²) in [5.41, 5.74) is 4.22. The minimum atomic E-state index is 0.662. The van der Waals surface area contributed by atoms with Crippen LogP contribution in [0, 0.1) is 0 Å². The Kier molecular flexibility index (Phi) is 4.07. The first kappa shape index (κ1) is 16.9. The van der Waals surface area contributed by atoms with Gasteiger partial charge in [0.15, 0.2) is 5.82 Å². The Balaban J connectivity index is 1.78. The van der Waals surface area contributed by atoms with Crippen LogP contribution in [0.2, 0.25) is 10.0 Å². The van der Waals surface area contributed by atoms with E-state index < -0.39 is 0 Å². The van der Waals surface area contributed by atoms with Crippen LogP contribution >= 0.6 is 23.2 Å². The molecule has 6 nitrogen and oxygen atoms in total. The van der Waals surface area contributed by atoms with E-state index in [-0.39, 0.29) is 0 Å². The Bertz CT molecular complexity index is 1270. The van der Waals surface area contributed by atoms with Crippen molar-refractivity contribution in [3.8, 4) is 28.3 Å². The zero-order valence-corrected chi connectivity index (χ0v) is 15.9. The Labute approximate surface area is 170 Å². The predicted octanol–water partition coefficient (Wildman–Crippen LogP) is 4.95. The second kappa shape index (κ2) is 6.74. The number of hydrogen-bond acceptors (Lipinski definition) is 4. The normalized spacial score (nSPS) is 11.2. The second-order valence-corrected chi connectivity index (χ2v) is 7.00. The van der Waals surface area contributed by atoms with Crippen molar-refractivity contribution in [2.45, 2.75) is 0 Å². The molecule has 0 fully saturated rings. The third kappa shape index (κ3) is 2.83. The Hall–Kier alpha value is -3.22. The van der Waals surface area contributed by atoms with E-state index in [1.54, 1.807) is 17.2 Å². The Morgan fingerprint density at radius 3 is 2.29 bits per heavy atom. The fourth-order valence-corrected chi connectivity index (χ4v) is 3.37. The smallest absolute Gasteiger partial charge is 0.172 e. The summed E-state index contributed by atoms with van der Waals surface area (Å²) < 4.78 is 3.50. The van der Waals surface area contributed by atoms with E-state index in [1.807, 2.05) is 65.2 Å². The summed E-state index contributed by atoms with van der Waals surface area (Å²) in [5, 5.41) is 18.9. The zero-order chi connectivity index (χ0) is 19.1. The average molecular weight is 407 g/mol. The van der Waals surface area contributed by atoms with Crippen molar-refractivity contribution in [1.29, 1.82) is 0 Å². The van der Waals surface area contributed by atoms with E-state index in [9.17, 15) is 0 Å². The van der Waals surface area contributed by atoms with Gasteiger partial charge in [-0.2, -0.15) is 9.73 Å². The van der Waals surface area contributed by atoms with Crippen molar-refractivity contribution in [3.63, 3.8) is 0 Å². The molecule has 3 aromatic heterocycles. The minimum Gasteiger partial charge on any atom is -0.281 e. The molecule has 0 aliphatic carbocycles. The van der Waals surface area contributed by atoms with Gasteiger partial charge < -0.3 is 0 Å². The summed E-state index contributed by atoms with van der Waals surface area (Å²) in [7, 11) is 0. The lowest BCUT2D eigenvalue weighted by atomic mass is 10.1. The molecule has 0 aliphatic heterocycles. The lowest BCUT2D eigenvalue weighted by Gasteiger charge is -2.08.